The Morgan fingerprint density at radius 3 is 2.56 bits per heavy atom. The highest BCUT2D eigenvalue weighted by atomic mass is 32.2. The van der Waals surface area contributed by atoms with Crippen molar-refractivity contribution >= 4 is 11.8 Å². The van der Waals surface area contributed by atoms with Gasteiger partial charge in [0.15, 0.2) is 0 Å². The molecule has 1 saturated heterocycles. The van der Waals surface area contributed by atoms with Crippen LogP contribution in [-0.4, -0.2) is 54.2 Å². The summed E-state index contributed by atoms with van der Waals surface area (Å²) in [6, 6.07) is 0. The van der Waals surface area contributed by atoms with Crippen molar-refractivity contribution in [2.75, 3.05) is 38.5 Å². The van der Waals surface area contributed by atoms with Crippen LogP contribution in [0.1, 0.15) is 27.2 Å². The van der Waals surface area contributed by atoms with E-state index in [0.29, 0.717) is 0 Å². The zero-order chi connectivity index (χ0) is 12.0. The molecular weight excluding hydrogens is 218 g/mol. The van der Waals surface area contributed by atoms with Gasteiger partial charge in [-0.15, -0.1) is 0 Å². The molecule has 1 fully saturated rings. The number of hydrogen-bond donors (Lipinski definition) is 2. The molecule has 0 spiro atoms. The molecule has 0 amide bonds. The van der Waals surface area contributed by atoms with Crippen LogP contribution in [-0.2, 0) is 0 Å². The van der Waals surface area contributed by atoms with Crippen LogP contribution in [0.25, 0.3) is 0 Å². The van der Waals surface area contributed by atoms with Gasteiger partial charge < -0.3 is 16.0 Å². The molecule has 0 aromatic rings. The molecule has 2 atom stereocenters. The molecule has 0 bridgehead atoms. The minimum atomic E-state index is 0.206. The van der Waals surface area contributed by atoms with Crippen LogP contribution < -0.4 is 11.1 Å². The van der Waals surface area contributed by atoms with Gasteiger partial charge in [-0.05, 0) is 19.5 Å². The van der Waals surface area contributed by atoms with E-state index < -0.39 is 0 Å². The van der Waals surface area contributed by atoms with Crippen LogP contribution in [0.4, 0.5) is 0 Å². The maximum absolute atomic E-state index is 5.92. The Kier molecular flexibility index (Phi) is 6.11. The van der Waals surface area contributed by atoms with E-state index in [0.717, 1.165) is 38.0 Å². The van der Waals surface area contributed by atoms with Crippen molar-refractivity contribution in [3.63, 3.8) is 0 Å². The van der Waals surface area contributed by atoms with Crippen LogP contribution in [0.5, 0.6) is 0 Å². The van der Waals surface area contributed by atoms with E-state index >= 15 is 0 Å². The van der Waals surface area contributed by atoms with Gasteiger partial charge in [-0.1, -0.05) is 20.8 Å². The van der Waals surface area contributed by atoms with Gasteiger partial charge in [0.1, 0.15) is 0 Å². The fourth-order valence-electron chi connectivity index (χ4n) is 2.33. The van der Waals surface area contributed by atoms with Crippen LogP contribution >= 0.6 is 11.8 Å². The number of rotatable bonds is 7. The minimum Gasteiger partial charge on any atom is -0.329 e. The summed E-state index contributed by atoms with van der Waals surface area (Å²) in [6.45, 7) is 12.0. The molecule has 2 unspecified atom stereocenters. The molecule has 0 aliphatic carbocycles. The molecule has 0 saturated carbocycles. The minimum absolute atomic E-state index is 0.206. The van der Waals surface area contributed by atoms with Gasteiger partial charge >= 0.3 is 0 Å². The molecule has 0 aromatic heterocycles. The molecule has 3 nitrogen and oxygen atoms in total. The summed E-state index contributed by atoms with van der Waals surface area (Å²) >= 11 is 2.04. The average Bonchev–Trinajstić information content (AvgIpc) is 2.67. The topological polar surface area (TPSA) is 41.3 Å². The van der Waals surface area contributed by atoms with Crippen molar-refractivity contribution < 1.29 is 0 Å². The first-order valence-electron chi connectivity index (χ1n) is 6.45. The number of nitrogens with two attached hydrogens (primary N) is 1. The number of likely N-dealkylation sites (N-methyl/N-ethyl adjacent to an activating group) is 1. The molecule has 1 rings (SSSR count). The predicted molar refractivity (Wildman–Crippen MR) is 74.1 cm³/mol. The fraction of sp³-hybridized carbons (Fsp3) is 1.00. The maximum atomic E-state index is 5.92. The molecule has 3 N–H and O–H groups in total. The smallest absolute Gasteiger partial charge is 0.0406 e. The lowest BCUT2D eigenvalue weighted by Gasteiger charge is -2.30. The van der Waals surface area contributed by atoms with E-state index in [1.54, 1.807) is 0 Å². The molecule has 96 valence electrons. The summed E-state index contributed by atoms with van der Waals surface area (Å²) in [4.78, 5) is 2.45. The third-order valence-corrected chi connectivity index (χ3v) is 4.99. The van der Waals surface area contributed by atoms with Crippen molar-refractivity contribution in [2.45, 2.75) is 38.0 Å². The molecular formula is C12H27N3S. The first-order valence-corrected chi connectivity index (χ1v) is 7.49. The second-order valence-corrected chi connectivity index (χ2v) is 6.19. The van der Waals surface area contributed by atoms with E-state index in [1.807, 2.05) is 11.8 Å². The molecule has 16 heavy (non-hydrogen) atoms. The van der Waals surface area contributed by atoms with Gasteiger partial charge in [-0.2, -0.15) is 11.8 Å². The maximum Gasteiger partial charge on any atom is 0.0406 e. The fourth-order valence-corrected chi connectivity index (χ4v) is 3.70. The summed E-state index contributed by atoms with van der Waals surface area (Å²) in [5.41, 5.74) is 6.13. The van der Waals surface area contributed by atoms with Crippen LogP contribution in [0.3, 0.4) is 0 Å². The van der Waals surface area contributed by atoms with Crippen molar-refractivity contribution in [3.05, 3.63) is 0 Å². The largest absolute Gasteiger partial charge is 0.329 e. The highest BCUT2D eigenvalue weighted by Gasteiger charge is 2.36. The van der Waals surface area contributed by atoms with E-state index in [4.69, 9.17) is 5.73 Å². The van der Waals surface area contributed by atoms with Crippen molar-refractivity contribution in [1.82, 2.24) is 10.2 Å². The van der Waals surface area contributed by atoms with Gasteiger partial charge in [-0.25, -0.2) is 0 Å². The van der Waals surface area contributed by atoms with Crippen molar-refractivity contribution in [1.29, 1.82) is 0 Å². The van der Waals surface area contributed by atoms with Gasteiger partial charge in [0, 0.05) is 36.2 Å². The number of nitrogens with zero attached hydrogens (tertiary/aromatic N) is 1. The quantitative estimate of drug-likeness (QED) is 0.706. The second kappa shape index (κ2) is 6.84. The first kappa shape index (κ1) is 14.3. The number of thioether (sulfide) groups is 1. The summed E-state index contributed by atoms with van der Waals surface area (Å²) in [5, 5.41) is 4.44. The monoisotopic (exact) mass is 245 g/mol. The SMILES string of the molecule is CCN(CC)CCNC1(CN)CSC(C)C1. The molecule has 4 heteroatoms. The molecule has 1 aliphatic rings. The van der Waals surface area contributed by atoms with Crippen molar-refractivity contribution in [3.8, 4) is 0 Å². The number of hydrogen-bond acceptors (Lipinski definition) is 4. The highest BCUT2D eigenvalue weighted by Crippen LogP contribution is 2.33. The van der Waals surface area contributed by atoms with Gasteiger partial charge in [0.05, 0.1) is 0 Å². The lowest BCUT2D eigenvalue weighted by atomic mass is 9.96. The van der Waals surface area contributed by atoms with Crippen LogP contribution in [0.15, 0.2) is 0 Å². The Hall–Kier alpha value is 0.230. The van der Waals surface area contributed by atoms with Crippen LogP contribution in [0, 0.1) is 0 Å². The zero-order valence-corrected chi connectivity index (χ0v) is 11.8. The van der Waals surface area contributed by atoms with Crippen molar-refractivity contribution in [2.24, 2.45) is 5.73 Å². The number of nitrogens with one attached hydrogen (secondary N) is 1. The second-order valence-electron chi connectivity index (χ2n) is 4.76. The first-order chi connectivity index (χ1) is 7.65. The molecule has 0 aromatic carbocycles. The van der Waals surface area contributed by atoms with Crippen LogP contribution in [0.2, 0.25) is 0 Å². The summed E-state index contributed by atoms with van der Waals surface area (Å²) in [5.74, 6) is 1.17. The van der Waals surface area contributed by atoms with E-state index in [-0.39, 0.29) is 5.54 Å². The third-order valence-electron chi connectivity index (χ3n) is 3.54. The lowest BCUT2D eigenvalue weighted by molar-refractivity contribution is 0.275. The summed E-state index contributed by atoms with van der Waals surface area (Å²) in [7, 11) is 0. The predicted octanol–water partition coefficient (Wildman–Crippen LogP) is 1.14. The van der Waals surface area contributed by atoms with E-state index in [1.165, 1.54) is 12.2 Å². The Morgan fingerprint density at radius 1 is 1.44 bits per heavy atom. The molecule has 1 aliphatic heterocycles. The standard InChI is InChI=1S/C12H27N3S/c1-4-15(5-2)7-6-14-12(9-13)8-11(3)16-10-12/h11,14H,4-10,13H2,1-3H3. The molecule has 1 heterocycles. The third kappa shape index (κ3) is 3.91. The lowest BCUT2D eigenvalue weighted by Crippen LogP contribution is -2.53. The highest BCUT2D eigenvalue weighted by molar-refractivity contribution is 8.00. The zero-order valence-electron chi connectivity index (χ0n) is 11.0. The Balaban J connectivity index is 2.29. The van der Waals surface area contributed by atoms with Gasteiger partial charge in [0.2, 0.25) is 0 Å². The Morgan fingerprint density at radius 2 is 2.12 bits per heavy atom. The van der Waals surface area contributed by atoms with Gasteiger partial charge in [-0.3, -0.25) is 0 Å². The molecule has 0 radical (unpaired) electrons. The Bertz CT molecular complexity index is 197. The Labute approximate surface area is 105 Å². The van der Waals surface area contributed by atoms with E-state index in [2.05, 4.69) is 31.0 Å². The van der Waals surface area contributed by atoms with E-state index in [9.17, 15) is 0 Å². The normalized spacial score (nSPS) is 30.2. The summed E-state index contributed by atoms with van der Waals surface area (Å²) < 4.78 is 0. The average molecular weight is 245 g/mol. The van der Waals surface area contributed by atoms with Gasteiger partial charge in [0.25, 0.3) is 0 Å². The summed E-state index contributed by atoms with van der Waals surface area (Å²) in [6.07, 6.45) is 1.21.